The summed E-state index contributed by atoms with van der Waals surface area (Å²) in [7, 11) is 1.42. The molecule has 114 valence electrons. The van der Waals surface area contributed by atoms with Crippen molar-refractivity contribution < 1.29 is 23.0 Å². The van der Waals surface area contributed by atoms with Crippen LogP contribution in [0.4, 0.5) is 8.78 Å². The van der Waals surface area contributed by atoms with Crippen molar-refractivity contribution in [1.82, 2.24) is 5.32 Å². The summed E-state index contributed by atoms with van der Waals surface area (Å²) in [5, 5.41) is 3.21. The molecule has 0 amide bonds. The lowest BCUT2D eigenvalue weighted by Gasteiger charge is -2.12. The second-order valence-electron chi connectivity index (χ2n) is 4.09. The van der Waals surface area contributed by atoms with Crippen LogP contribution in [0.5, 0.6) is 11.5 Å². The number of halogens is 2. The average molecular weight is 289 g/mol. The summed E-state index contributed by atoms with van der Waals surface area (Å²) in [6.45, 7) is 1.90. The predicted octanol–water partition coefficient (Wildman–Crippen LogP) is 2.81. The van der Waals surface area contributed by atoms with Crippen molar-refractivity contribution in [2.24, 2.45) is 0 Å². The lowest BCUT2D eigenvalue weighted by atomic mass is 10.2. The van der Waals surface area contributed by atoms with Crippen LogP contribution < -0.4 is 14.8 Å². The Morgan fingerprint density at radius 3 is 2.70 bits per heavy atom. The fourth-order valence-electron chi connectivity index (χ4n) is 1.70. The Labute approximate surface area is 118 Å². The van der Waals surface area contributed by atoms with E-state index in [1.807, 2.05) is 13.0 Å². The van der Waals surface area contributed by atoms with E-state index in [4.69, 9.17) is 9.47 Å². The molecule has 6 heteroatoms. The first-order valence-corrected chi connectivity index (χ1v) is 6.57. The van der Waals surface area contributed by atoms with Crippen LogP contribution in [0.15, 0.2) is 18.2 Å². The van der Waals surface area contributed by atoms with Crippen molar-refractivity contribution in [2.75, 3.05) is 26.9 Å². The zero-order valence-corrected chi connectivity index (χ0v) is 11.8. The van der Waals surface area contributed by atoms with Crippen molar-refractivity contribution in [2.45, 2.75) is 26.5 Å². The molecule has 0 spiro atoms. The highest BCUT2D eigenvalue weighted by Gasteiger charge is 2.11. The molecule has 0 unspecified atom stereocenters. The number of ether oxygens (including phenoxy) is 3. The van der Waals surface area contributed by atoms with Crippen LogP contribution in [-0.2, 0) is 11.3 Å². The molecule has 0 atom stereocenters. The third-order valence-electron chi connectivity index (χ3n) is 2.62. The standard InChI is InChI=1S/C14H21F2NO3/c1-3-19-8-4-7-17-10-11-5-6-12(18-2)13(9-11)20-14(15)16/h5-6,9,14,17H,3-4,7-8,10H2,1-2H3. The van der Waals surface area contributed by atoms with E-state index in [2.05, 4.69) is 10.1 Å². The Balaban J connectivity index is 2.45. The van der Waals surface area contributed by atoms with E-state index in [0.717, 1.165) is 18.5 Å². The summed E-state index contributed by atoms with van der Waals surface area (Å²) in [5.41, 5.74) is 0.859. The molecule has 4 nitrogen and oxygen atoms in total. The molecule has 0 aliphatic carbocycles. The highest BCUT2D eigenvalue weighted by molar-refractivity contribution is 5.42. The summed E-state index contributed by atoms with van der Waals surface area (Å²) in [6, 6.07) is 4.99. The summed E-state index contributed by atoms with van der Waals surface area (Å²) < 4.78 is 39.2. The highest BCUT2D eigenvalue weighted by atomic mass is 19.3. The first-order chi connectivity index (χ1) is 9.67. The van der Waals surface area contributed by atoms with Gasteiger partial charge in [-0.2, -0.15) is 8.78 Å². The van der Waals surface area contributed by atoms with Gasteiger partial charge in [-0.05, 0) is 37.6 Å². The van der Waals surface area contributed by atoms with Gasteiger partial charge in [-0.3, -0.25) is 0 Å². The van der Waals surface area contributed by atoms with E-state index in [1.54, 1.807) is 12.1 Å². The third kappa shape index (κ3) is 6.16. The molecular weight excluding hydrogens is 268 g/mol. The van der Waals surface area contributed by atoms with Gasteiger partial charge in [-0.1, -0.05) is 6.07 Å². The van der Waals surface area contributed by atoms with E-state index >= 15 is 0 Å². The Morgan fingerprint density at radius 1 is 1.25 bits per heavy atom. The quantitative estimate of drug-likeness (QED) is 0.672. The van der Waals surface area contributed by atoms with Crippen LogP contribution in [0.3, 0.4) is 0 Å². The second-order valence-corrected chi connectivity index (χ2v) is 4.09. The van der Waals surface area contributed by atoms with Crippen LogP contribution in [-0.4, -0.2) is 33.5 Å². The summed E-state index contributed by atoms with van der Waals surface area (Å²) in [6.07, 6.45) is 0.907. The maximum absolute atomic E-state index is 12.3. The van der Waals surface area contributed by atoms with Crippen LogP contribution in [0.2, 0.25) is 0 Å². The van der Waals surface area contributed by atoms with Gasteiger partial charge in [0.1, 0.15) is 0 Å². The molecular formula is C14H21F2NO3. The van der Waals surface area contributed by atoms with Crippen molar-refractivity contribution in [1.29, 1.82) is 0 Å². The molecule has 0 bridgehead atoms. The van der Waals surface area contributed by atoms with E-state index < -0.39 is 6.61 Å². The molecule has 0 saturated carbocycles. The molecule has 0 radical (unpaired) electrons. The zero-order valence-electron chi connectivity index (χ0n) is 11.8. The third-order valence-corrected chi connectivity index (χ3v) is 2.62. The Bertz CT molecular complexity index is 389. The molecule has 0 aromatic heterocycles. The normalized spacial score (nSPS) is 10.8. The average Bonchev–Trinajstić information content (AvgIpc) is 2.42. The lowest BCUT2D eigenvalue weighted by molar-refractivity contribution is -0.0512. The van der Waals surface area contributed by atoms with Crippen molar-refractivity contribution in [3.8, 4) is 11.5 Å². The molecule has 1 aromatic rings. The van der Waals surface area contributed by atoms with Crippen LogP contribution in [0.1, 0.15) is 18.9 Å². The number of benzene rings is 1. The van der Waals surface area contributed by atoms with Gasteiger partial charge < -0.3 is 19.5 Å². The molecule has 1 N–H and O–H groups in total. The monoisotopic (exact) mass is 289 g/mol. The molecule has 0 fully saturated rings. The Hall–Kier alpha value is -1.40. The van der Waals surface area contributed by atoms with Gasteiger partial charge >= 0.3 is 6.61 Å². The smallest absolute Gasteiger partial charge is 0.387 e. The number of nitrogens with one attached hydrogen (secondary N) is 1. The second kappa shape index (κ2) is 9.50. The Morgan fingerprint density at radius 2 is 2.05 bits per heavy atom. The van der Waals surface area contributed by atoms with E-state index in [1.165, 1.54) is 7.11 Å². The van der Waals surface area contributed by atoms with Gasteiger partial charge in [-0.25, -0.2) is 0 Å². The van der Waals surface area contributed by atoms with Crippen molar-refractivity contribution >= 4 is 0 Å². The fraction of sp³-hybridized carbons (Fsp3) is 0.571. The van der Waals surface area contributed by atoms with Gasteiger partial charge in [-0.15, -0.1) is 0 Å². The van der Waals surface area contributed by atoms with Gasteiger partial charge in [0.2, 0.25) is 0 Å². The largest absolute Gasteiger partial charge is 0.493 e. The van der Waals surface area contributed by atoms with Gasteiger partial charge in [0.25, 0.3) is 0 Å². The molecule has 20 heavy (non-hydrogen) atoms. The molecule has 0 aliphatic heterocycles. The molecule has 1 rings (SSSR count). The SMILES string of the molecule is CCOCCCNCc1ccc(OC)c(OC(F)F)c1. The minimum absolute atomic E-state index is 0.0520. The molecule has 0 aliphatic rings. The molecule has 0 heterocycles. The van der Waals surface area contributed by atoms with E-state index in [9.17, 15) is 8.78 Å². The lowest BCUT2D eigenvalue weighted by Crippen LogP contribution is -2.16. The number of hydrogen-bond donors (Lipinski definition) is 1. The minimum atomic E-state index is -2.86. The molecule has 1 aromatic carbocycles. The van der Waals surface area contributed by atoms with Crippen LogP contribution in [0.25, 0.3) is 0 Å². The topological polar surface area (TPSA) is 39.7 Å². The zero-order chi connectivity index (χ0) is 14.8. The first-order valence-electron chi connectivity index (χ1n) is 6.57. The van der Waals surface area contributed by atoms with Gasteiger partial charge in [0.15, 0.2) is 11.5 Å². The van der Waals surface area contributed by atoms with Gasteiger partial charge in [0, 0.05) is 19.8 Å². The Kier molecular flexibility index (Phi) is 7.91. The fourth-order valence-corrected chi connectivity index (χ4v) is 1.70. The maximum atomic E-state index is 12.3. The van der Waals surface area contributed by atoms with Gasteiger partial charge in [0.05, 0.1) is 7.11 Å². The minimum Gasteiger partial charge on any atom is -0.493 e. The first kappa shape index (κ1) is 16.7. The van der Waals surface area contributed by atoms with Crippen LogP contribution in [0, 0.1) is 0 Å². The highest BCUT2D eigenvalue weighted by Crippen LogP contribution is 2.29. The van der Waals surface area contributed by atoms with Crippen LogP contribution >= 0.6 is 0 Å². The van der Waals surface area contributed by atoms with Crippen molar-refractivity contribution in [3.05, 3.63) is 23.8 Å². The van der Waals surface area contributed by atoms with E-state index in [-0.39, 0.29) is 5.75 Å². The maximum Gasteiger partial charge on any atom is 0.387 e. The summed E-state index contributed by atoms with van der Waals surface area (Å²) in [5.74, 6) is 0.349. The van der Waals surface area contributed by atoms with E-state index in [0.29, 0.717) is 25.5 Å². The van der Waals surface area contributed by atoms with Crippen molar-refractivity contribution in [3.63, 3.8) is 0 Å². The number of hydrogen-bond acceptors (Lipinski definition) is 4. The number of rotatable bonds is 10. The summed E-state index contributed by atoms with van der Waals surface area (Å²) >= 11 is 0. The molecule has 0 saturated heterocycles. The summed E-state index contributed by atoms with van der Waals surface area (Å²) in [4.78, 5) is 0. The predicted molar refractivity (Wildman–Crippen MR) is 72.4 cm³/mol. The number of alkyl halides is 2. The number of methoxy groups -OCH3 is 1.